The first kappa shape index (κ1) is 10.0. The Morgan fingerprint density at radius 3 is 2.30 bits per heavy atom. The first-order chi connectivity index (χ1) is 4.43. The van der Waals surface area contributed by atoms with Crippen molar-refractivity contribution in [2.75, 3.05) is 0 Å². The summed E-state index contributed by atoms with van der Waals surface area (Å²) in [7, 11) is 0. The van der Waals surface area contributed by atoms with Gasteiger partial charge in [-0.3, -0.25) is 0 Å². The van der Waals surface area contributed by atoms with Crippen LogP contribution in [0.3, 0.4) is 0 Å². The molecule has 0 atom stereocenters. The molecule has 0 unspecified atom stereocenters. The van der Waals surface area contributed by atoms with Gasteiger partial charge in [-0.15, -0.1) is 19.0 Å². The molecule has 0 fully saturated rings. The Labute approximate surface area is 77.5 Å². The molecule has 0 amide bonds. The van der Waals surface area contributed by atoms with Gasteiger partial charge in [0.1, 0.15) is 0 Å². The third-order valence-electron chi connectivity index (χ3n) is 1.22. The highest BCUT2D eigenvalue weighted by atomic mass is 35.5. The molecule has 0 saturated carbocycles. The normalized spacial score (nSPS) is 7.20. The Hall–Kier alpha value is 0.0162. The largest absolute Gasteiger partial charge is 0.438 e. The summed E-state index contributed by atoms with van der Waals surface area (Å²) in [5, 5.41) is 0. The third-order valence-corrected chi connectivity index (χ3v) is 2.45. The Kier molecular flexibility index (Phi) is 5.78. The maximum absolute atomic E-state index is 3.72. The van der Waals surface area contributed by atoms with Crippen molar-refractivity contribution in [3.63, 3.8) is 0 Å². The van der Waals surface area contributed by atoms with Gasteiger partial charge in [-0.2, -0.15) is 3.69 Å². The van der Waals surface area contributed by atoms with Crippen LogP contribution < -0.4 is 3.69 Å². The molecule has 2 heteroatoms. The van der Waals surface area contributed by atoms with Crippen molar-refractivity contribution in [2.45, 2.75) is 0 Å². The smallest absolute Gasteiger partial charge is 0.206 e. The minimum absolute atomic E-state index is 0. The summed E-state index contributed by atoms with van der Waals surface area (Å²) in [4.78, 5) is 0. The number of benzene rings is 1. The highest BCUT2D eigenvalue weighted by molar-refractivity contribution is 6.58. The van der Waals surface area contributed by atoms with Crippen LogP contribution in [0.15, 0.2) is 41.1 Å². The van der Waals surface area contributed by atoms with E-state index >= 15 is 0 Å². The molecule has 0 aliphatic heterocycles. The molecule has 0 heterocycles. The van der Waals surface area contributed by atoms with Gasteiger partial charge in [0.2, 0.25) is 0 Å². The van der Waals surface area contributed by atoms with E-state index in [4.69, 9.17) is 0 Å². The first-order valence-electron chi connectivity index (χ1n) is 3.08. The van der Waals surface area contributed by atoms with Crippen LogP contribution in [0.5, 0.6) is 0 Å². The van der Waals surface area contributed by atoms with Gasteiger partial charge in [-0.1, -0.05) is 30.3 Å². The molecule has 1 rings (SSSR count). The lowest BCUT2D eigenvalue weighted by Gasteiger charge is -1.89. The standard InChI is InChI=1S/C6H5.C2H3.ClH.Mg/c1-2-4-6-5-3-1;1-2;;/h1-5H;1H,2H2;1H;. The van der Waals surface area contributed by atoms with Gasteiger partial charge >= 0.3 is 20.4 Å². The first-order valence-corrected chi connectivity index (χ1v) is 4.60. The fourth-order valence-electron chi connectivity index (χ4n) is 0.781. The fourth-order valence-corrected chi connectivity index (χ4v) is 1.66. The zero-order chi connectivity index (χ0) is 6.53. The van der Waals surface area contributed by atoms with E-state index in [-0.39, 0.29) is 32.8 Å². The van der Waals surface area contributed by atoms with Gasteiger partial charge < -0.3 is 0 Å². The van der Waals surface area contributed by atoms with E-state index in [1.54, 1.807) is 0 Å². The Morgan fingerprint density at radius 1 is 1.20 bits per heavy atom. The Balaban J connectivity index is 0.000000810. The molecule has 0 aliphatic carbocycles. The number of halogens is 1. The highest BCUT2D eigenvalue weighted by Crippen LogP contribution is 1.80. The predicted octanol–water partition coefficient (Wildman–Crippen LogP) is 1.58. The summed E-state index contributed by atoms with van der Waals surface area (Å²) in [5.41, 5.74) is 0. The van der Waals surface area contributed by atoms with Crippen LogP contribution in [-0.4, -0.2) is 20.4 Å². The van der Waals surface area contributed by atoms with E-state index in [2.05, 4.69) is 35.0 Å². The molecule has 0 saturated heterocycles. The number of hydrogen-bond donors (Lipinski definition) is 0. The number of hydrogen-bond acceptors (Lipinski definition) is 0. The van der Waals surface area contributed by atoms with E-state index in [0.29, 0.717) is 0 Å². The lowest BCUT2D eigenvalue weighted by Crippen LogP contribution is -2.09. The molecule has 1 aromatic rings. The monoisotopic (exact) mass is 164 g/mol. The van der Waals surface area contributed by atoms with Crippen molar-refractivity contribution in [3.8, 4) is 0 Å². The highest BCUT2D eigenvalue weighted by Gasteiger charge is 1.88. The number of rotatable bonds is 2. The quantitative estimate of drug-likeness (QED) is 0.583. The van der Waals surface area contributed by atoms with E-state index in [0.717, 1.165) is 0 Å². The van der Waals surface area contributed by atoms with Gasteiger partial charge in [-0.25, -0.2) is 4.21 Å². The van der Waals surface area contributed by atoms with Crippen LogP contribution in [0, 0.1) is 0 Å². The molecule has 1 aromatic carbocycles. The Bertz CT molecular complexity index is 184. The van der Waals surface area contributed by atoms with E-state index < -0.39 is 0 Å². The summed E-state index contributed by atoms with van der Waals surface area (Å²) < 4.78 is 3.52. The summed E-state index contributed by atoms with van der Waals surface area (Å²) in [5.74, 6) is 0. The minimum atomic E-state index is -0.137. The van der Waals surface area contributed by atoms with Crippen LogP contribution >= 0.6 is 12.4 Å². The van der Waals surface area contributed by atoms with Gasteiger partial charge in [0, 0.05) is 0 Å². The maximum Gasteiger partial charge on any atom is 0.438 e. The second-order valence-electron chi connectivity index (χ2n) is 1.98. The average molecular weight is 165 g/mol. The zero-order valence-electron chi connectivity index (χ0n) is 5.79. The van der Waals surface area contributed by atoms with Gasteiger partial charge in [-0.05, 0) is 0 Å². The van der Waals surface area contributed by atoms with Crippen molar-refractivity contribution >= 4 is 36.5 Å². The van der Waals surface area contributed by atoms with E-state index in [1.165, 1.54) is 3.69 Å². The van der Waals surface area contributed by atoms with Crippen LogP contribution in [0.25, 0.3) is 0 Å². The zero-order valence-corrected chi connectivity index (χ0v) is 8.02. The minimum Gasteiger partial charge on any atom is -0.206 e. The molecule has 0 aromatic heterocycles. The summed E-state index contributed by atoms with van der Waals surface area (Å²) >= 11 is -0.137. The second-order valence-corrected chi connectivity index (χ2v) is 3.78. The molecule has 50 valence electrons. The molecule has 0 radical (unpaired) electrons. The molecule has 0 bridgehead atoms. The van der Waals surface area contributed by atoms with Crippen LogP contribution in [0.4, 0.5) is 0 Å². The van der Waals surface area contributed by atoms with Crippen LogP contribution in [-0.2, 0) is 0 Å². The van der Waals surface area contributed by atoms with Crippen molar-refractivity contribution in [1.29, 1.82) is 0 Å². The van der Waals surface area contributed by atoms with E-state index in [9.17, 15) is 0 Å². The molecule has 0 nitrogen and oxygen atoms in total. The second kappa shape index (κ2) is 5.78. The van der Waals surface area contributed by atoms with Gasteiger partial charge in [0.15, 0.2) is 0 Å². The topological polar surface area (TPSA) is 0 Å². The SMILES string of the molecule is C=[CH][Mg][c]1ccccc1.Cl. The lowest BCUT2D eigenvalue weighted by atomic mass is 10.4. The fraction of sp³-hybridized carbons (Fsp3) is 0. The predicted molar refractivity (Wildman–Crippen MR) is 49.3 cm³/mol. The molecule has 0 aliphatic rings. The Morgan fingerprint density at radius 2 is 1.80 bits per heavy atom. The van der Waals surface area contributed by atoms with Crippen LogP contribution in [0.1, 0.15) is 0 Å². The average Bonchev–Trinajstić information content (AvgIpc) is 1.91. The maximum atomic E-state index is 3.72. The van der Waals surface area contributed by atoms with Crippen molar-refractivity contribution in [1.82, 2.24) is 0 Å². The molecular weight excluding hydrogens is 156 g/mol. The molecule has 0 spiro atoms. The lowest BCUT2D eigenvalue weighted by molar-refractivity contribution is 1.77. The van der Waals surface area contributed by atoms with Crippen molar-refractivity contribution in [3.05, 3.63) is 41.1 Å². The summed E-state index contributed by atoms with van der Waals surface area (Å²) in [6.45, 7) is 3.72. The summed E-state index contributed by atoms with van der Waals surface area (Å²) in [6.07, 6.45) is 0. The van der Waals surface area contributed by atoms with Crippen molar-refractivity contribution < 1.29 is 0 Å². The van der Waals surface area contributed by atoms with Crippen LogP contribution in [0.2, 0.25) is 0 Å². The molecule has 10 heavy (non-hydrogen) atoms. The van der Waals surface area contributed by atoms with Crippen molar-refractivity contribution in [2.24, 2.45) is 0 Å². The van der Waals surface area contributed by atoms with Gasteiger partial charge in [0.25, 0.3) is 0 Å². The van der Waals surface area contributed by atoms with Gasteiger partial charge in [0.05, 0.1) is 0 Å². The third kappa shape index (κ3) is 3.25. The molecular formula is C8H9ClMg. The van der Waals surface area contributed by atoms with E-state index in [1.807, 2.05) is 6.07 Å². The molecule has 0 N–H and O–H groups in total. The summed E-state index contributed by atoms with van der Waals surface area (Å²) in [6, 6.07) is 10.5.